The molecule has 45 heavy (non-hydrogen) atoms. The van der Waals surface area contributed by atoms with Crippen LogP contribution in [0.2, 0.25) is 0 Å². The highest BCUT2D eigenvalue weighted by Gasteiger charge is 2.56. The molecular weight excluding hydrogens is 608 g/mol. The van der Waals surface area contributed by atoms with Gasteiger partial charge in [0.1, 0.15) is 11.4 Å². The SMILES string of the molecule is CC1(C)OB(c2cn[nH]c2C(F)(F)F)OC1(C)C.COc1ccc(Cn2cc(B3OC(C)(C)C(C)(C)O3)c(C(F)(F)F)n2)cc1. The number of halogens is 6. The predicted octanol–water partition coefficient (Wildman–Crippen LogP) is 4.99. The fourth-order valence-corrected chi connectivity index (χ4v) is 4.47. The van der Waals surface area contributed by atoms with Gasteiger partial charge in [0.2, 0.25) is 0 Å². The monoisotopic (exact) mass is 644 g/mol. The molecule has 4 heterocycles. The smallest absolute Gasteiger partial charge is 0.497 e. The largest absolute Gasteiger partial charge is 0.498 e. The number of rotatable bonds is 5. The number of nitrogens with one attached hydrogen (secondary N) is 1. The Balaban J connectivity index is 0.000000222. The van der Waals surface area contributed by atoms with Crippen LogP contribution in [-0.2, 0) is 37.5 Å². The van der Waals surface area contributed by atoms with E-state index in [2.05, 4.69) is 10.2 Å². The molecule has 1 N–H and O–H groups in total. The van der Waals surface area contributed by atoms with Crippen LogP contribution >= 0.6 is 0 Å². The molecule has 9 nitrogen and oxygen atoms in total. The highest BCUT2D eigenvalue weighted by Crippen LogP contribution is 2.39. The van der Waals surface area contributed by atoms with E-state index in [0.717, 1.165) is 11.8 Å². The quantitative estimate of drug-likeness (QED) is 0.310. The molecule has 0 amide bonds. The Kier molecular flexibility index (Phi) is 9.03. The van der Waals surface area contributed by atoms with Crippen molar-refractivity contribution in [1.29, 1.82) is 0 Å². The van der Waals surface area contributed by atoms with Gasteiger partial charge >= 0.3 is 26.6 Å². The van der Waals surface area contributed by atoms with Crippen LogP contribution < -0.4 is 15.7 Å². The van der Waals surface area contributed by atoms with Gasteiger partial charge in [0.15, 0.2) is 5.69 Å². The number of benzene rings is 1. The summed E-state index contributed by atoms with van der Waals surface area (Å²) < 4.78 is 108. The standard InChI is InChI=1S/C18H22BF3N2O3.C10H14BF3N2O2/c1-16(2)17(3,4)27-19(26-16)14-11-24(23-15(14)18(20,21)22)10-12-6-8-13(25-5)9-7-12;1-8(2)9(3,4)18-11(17-8)6-5-15-16-7(6)10(12,13)14/h6-9,11H,10H2,1-5H3;5H,1-4H3,(H,15,16). The predicted molar refractivity (Wildman–Crippen MR) is 154 cm³/mol. The molecule has 2 fully saturated rings. The molecule has 246 valence electrons. The Hall–Kier alpha value is -3.01. The Morgan fingerprint density at radius 3 is 1.64 bits per heavy atom. The van der Waals surface area contributed by atoms with Crippen molar-refractivity contribution in [3.8, 4) is 5.75 Å². The number of alkyl halides is 6. The zero-order valence-electron chi connectivity index (χ0n) is 26.5. The highest BCUT2D eigenvalue weighted by molar-refractivity contribution is 6.63. The first-order valence-corrected chi connectivity index (χ1v) is 14.1. The number of ether oxygens (including phenoxy) is 1. The summed E-state index contributed by atoms with van der Waals surface area (Å²) in [4.78, 5) is 0. The first kappa shape index (κ1) is 34.9. The van der Waals surface area contributed by atoms with Crippen LogP contribution in [0, 0.1) is 0 Å². The first-order chi connectivity index (χ1) is 20.5. The Labute approximate surface area is 258 Å². The van der Waals surface area contributed by atoms with Gasteiger partial charge in [-0.25, -0.2) is 0 Å². The number of nitrogens with zero attached hydrogens (tertiary/aromatic N) is 3. The molecule has 5 rings (SSSR count). The second-order valence-corrected chi connectivity index (χ2v) is 12.9. The minimum Gasteiger partial charge on any atom is -0.497 e. The number of hydrogen-bond acceptors (Lipinski definition) is 7. The molecule has 0 radical (unpaired) electrons. The third-order valence-electron chi connectivity index (χ3n) is 8.53. The average Bonchev–Trinajstić information content (AvgIpc) is 3.63. The van der Waals surface area contributed by atoms with Crippen LogP contribution in [0.3, 0.4) is 0 Å². The third-order valence-corrected chi connectivity index (χ3v) is 8.53. The zero-order chi connectivity index (χ0) is 33.8. The molecule has 0 atom stereocenters. The van der Waals surface area contributed by atoms with Crippen LogP contribution in [0.5, 0.6) is 5.75 Å². The highest BCUT2D eigenvalue weighted by atomic mass is 19.4. The van der Waals surface area contributed by atoms with Crippen LogP contribution in [0.1, 0.15) is 72.3 Å². The molecular formula is C28H36B2F6N4O5. The number of hydrogen-bond donors (Lipinski definition) is 1. The average molecular weight is 644 g/mol. The molecule has 17 heteroatoms. The van der Waals surface area contributed by atoms with Gasteiger partial charge < -0.3 is 23.4 Å². The van der Waals surface area contributed by atoms with Crippen molar-refractivity contribution in [2.24, 2.45) is 0 Å². The summed E-state index contributed by atoms with van der Waals surface area (Å²) in [5, 5.41) is 9.13. The van der Waals surface area contributed by atoms with Crippen LogP contribution in [0.4, 0.5) is 26.3 Å². The van der Waals surface area contributed by atoms with E-state index in [-0.39, 0.29) is 17.5 Å². The van der Waals surface area contributed by atoms with Crippen molar-refractivity contribution in [2.75, 3.05) is 7.11 Å². The molecule has 2 aliphatic rings. The van der Waals surface area contributed by atoms with E-state index in [0.29, 0.717) is 5.75 Å². The molecule has 0 bridgehead atoms. The fourth-order valence-electron chi connectivity index (χ4n) is 4.47. The van der Waals surface area contributed by atoms with Gasteiger partial charge in [-0.2, -0.15) is 36.5 Å². The second kappa shape index (κ2) is 11.7. The van der Waals surface area contributed by atoms with Gasteiger partial charge in [-0.15, -0.1) is 0 Å². The van der Waals surface area contributed by atoms with Crippen molar-refractivity contribution >= 4 is 25.2 Å². The molecule has 0 saturated carbocycles. The van der Waals surface area contributed by atoms with Crippen LogP contribution in [-0.4, -0.2) is 63.7 Å². The molecule has 0 spiro atoms. The van der Waals surface area contributed by atoms with Gasteiger partial charge in [-0.3, -0.25) is 9.78 Å². The van der Waals surface area contributed by atoms with E-state index in [1.807, 2.05) is 5.10 Å². The minimum atomic E-state index is -4.61. The maximum atomic E-state index is 13.5. The molecule has 0 unspecified atom stereocenters. The number of H-pyrrole nitrogens is 1. The molecule has 2 aliphatic heterocycles. The minimum absolute atomic E-state index is 0.116. The summed E-state index contributed by atoms with van der Waals surface area (Å²) in [6.07, 6.45) is -6.68. The van der Waals surface area contributed by atoms with Crippen LogP contribution in [0.25, 0.3) is 0 Å². The second-order valence-electron chi connectivity index (χ2n) is 12.9. The van der Waals surface area contributed by atoms with E-state index < -0.39 is 60.4 Å². The lowest BCUT2D eigenvalue weighted by atomic mass is 9.79. The summed E-state index contributed by atoms with van der Waals surface area (Å²) in [5.74, 6) is 0.674. The molecule has 1 aromatic carbocycles. The van der Waals surface area contributed by atoms with Gasteiger partial charge in [0, 0.05) is 23.3 Å². The number of aromatic amines is 1. The van der Waals surface area contributed by atoms with Gasteiger partial charge in [0.05, 0.1) is 36.1 Å². The lowest BCUT2D eigenvalue weighted by Crippen LogP contribution is -2.41. The molecule has 0 aliphatic carbocycles. The van der Waals surface area contributed by atoms with Crippen molar-refractivity contribution < 1.29 is 49.7 Å². The summed E-state index contributed by atoms with van der Waals surface area (Å²) >= 11 is 0. The molecule has 3 aromatic rings. The van der Waals surface area contributed by atoms with Gasteiger partial charge in [0.25, 0.3) is 0 Å². The Bertz CT molecular complexity index is 1450. The van der Waals surface area contributed by atoms with Crippen LogP contribution in [0.15, 0.2) is 36.7 Å². The van der Waals surface area contributed by atoms with Gasteiger partial charge in [-0.1, -0.05) is 12.1 Å². The first-order valence-electron chi connectivity index (χ1n) is 14.1. The van der Waals surface area contributed by atoms with E-state index in [9.17, 15) is 26.3 Å². The van der Waals surface area contributed by atoms with Crippen molar-refractivity contribution in [3.63, 3.8) is 0 Å². The number of methoxy groups -OCH3 is 1. The number of aromatic nitrogens is 4. The Morgan fingerprint density at radius 2 is 1.22 bits per heavy atom. The summed E-state index contributed by atoms with van der Waals surface area (Å²) in [5.41, 5.74) is -4.20. The maximum absolute atomic E-state index is 13.5. The zero-order valence-corrected chi connectivity index (χ0v) is 26.5. The molecule has 2 aromatic heterocycles. The normalized spacial score (nSPS) is 20.2. The summed E-state index contributed by atoms with van der Waals surface area (Å²) in [6.45, 7) is 14.5. The van der Waals surface area contributed by atoms with Crippen molar-refractivity contribution in [1.82, 2.24) is 20.0 Å². The maximum Gasteiger partial charge on any atom is 0.498 e. The Morgan fingerprint density at radius 1 is 0.756 bits per heavy atom. The van der Waals surface area contributed by atoms with E-state index in [1.165, 1.54) is 10.9 Å². The van der Waals surface area contributed by atoms with Crippen molar-refractivity contribution in [3.05, 3.63) is 53.6 Å². The summed E-state index contributed by atoms with van der Waals surface area (Å²) in [7, 11) is -0.642. The fraction of sp³-hybridized carbons (Fsp3) is 0.571. The third kappa shape index (κ3) is 7.21. The van der Waals surface area contributed by atoms with E-state index >= 15 is 0 Å². The van der Waals surface area contributed by atoms with E-state index in [4.69, 9.17) is 23.4 Å². The lowest BCUT2D eigenvalue weighted by molar-refractivity contribution is -0.141. The summed E-state index contributed by atoms with van der Waals surface area (Å²) in [6, 6.07) is 7.06. The van der Waals surface area contributed by atoms with E-state index in [1.54, 1.807) is 86.8 Å². The van der Waals surface area contributed by atoms with Gasteiger partial charge in [-0.05, 0) is 73.1 Å². The van der Waals surface area contributed by atoms with Crippen molar-refractivity contribution in [2.45, 2.75) is 96.7 Å². The lowest BCUT2D eigenvalue weighted by Gasteiger charge is -2.32. The molecule has 2 saturated heterocycles. The topological polar surface area (TPSA) is 92.7 Å².